The van der Waals surface area contributed by atoms with E-state index in [1.54, 1.807) is 0 Å². The Hall–Kier alpha value is -0.790. The summed E-state index contributed by atoms with van der Waals surface area (Å²) in [6, 6.07) is 0. The number of nitrogens with zero attached hydrogens (tertiary/aromatic N) is 1. The van der Waals surface area contributed by atoms with Gasteiger partial charge in [-0.05, 0) is 13.8 Å². The summed E-state index contributed by atoms with van der Waals surface area (Å²) < 4.78 is 0. The van der Waals surface area contributed by atoms with Crippen LogP contribution in [0.5, 0.6) is 0 Å². The minimum absolute atomic E-state index is 0.729. The van der Waals surface area contributed by atoms with Crippen LogP contribution in [0, 0.1) is 0 Å². The molecule has 2 nitrogen and oxygen atoms in total. The third-order valence-corrected chi connectivity index (χ3v) is 0.948. The van der Waals surface area contributed by atoms with Crippen molar-refractivity contribution >= 4 is 5.84 Å². The Morgan fingerprint density at radius 1 is 1.56 bits per heavy atom. The van der Waals surface area contributed by atoms with Gasteiger partial charge in [0.25, 0.3) is 0 Å². The topological polar surface area (TPSA) is 24.4 Å². The first kappa shape index (κ1) is 8.21. The van der Waals surface area contributed by atoms with Crippen LogP contribution >= 0.6 is 0 Å². The lowest BCUT2D eigenvalue weighted by molar-refractivity contribution is 1.07. The van der Waals surface area contributed by atoms with E-state index < -0.39 is 0 Å². The lowest BCUT2D eigenvalue weighted by Crippen LogP contribution is -2.14. The molecule has 0 aromatic carbocycles. The van der Waals surface area contributed by atoms with Gasteiger partial charge in [0, 0.05) is 7.05 Å². The molecule has 0 aromatic rings. The summed E-state index contributed by atoms with van der Waals surface area (Å²) in [5.74, 6) is 0.956. The Bertz CT molecular complexity index is 125. The maximum absolute atomic E-state index is 4.15. The van der Waals surface area contributed by atoms with Gasteiger partial charge in [-0.15, -0.1) is 0 Å². The highest BCUT2D eigenvalue weighted by Crippen LogP contribution is 1.86. The number of aliphatic imine (C=N–C) groups is 1. The van der Waals surface area contributed by atoms with Crippen LogP contribution in [-0.4, -0.2) is 19.4 Å². The van der Waals surface area contributed by atoms with Crippen molar-refractivity contribution in [2.45, 2.75) is 13.8 Å². The standard InChI is InChI=1S/C7H14N2/c1-6(2)5-9-7(3)8-4/h1,5H2,2-4H3,(H,8,9). The monoisotopic (exact) mass is 126 g/mol. The molecule has 0 radical (unpaired) electrons. The second-order valence-electron chi connectivity index (χ2n) is 2.11. The number of amidine groups is 1. The second kappa shape index (κ2) is 4.13. The lowest BCUT2D eigenvalue weighted by atomic mass is 10.4. The Morgan fingerprint density at radius 3 is 2.44 bits per heavy atom. The molecule has 52 valence electrons. The van der Waals surface area contributed by atoms with Gasteiger partial charge in [-0.2, -0.15) is 0 Å². The minimum Gasteiger partial charge on any atom is -0.377 e. The fourth-order valence-electron chi connectivity index (χ4n) is 0.333. The van der Waals surface area contributed by atoms with Gasteiger partial charge in [0.05, 0.1) is 12.4 Å². The molecule has 0 aliphatic carbocycles. The summed E-state index contributed by atoms with van der Waals surface area (Å²) in [5, 5.41) is 2.93. The van der Waals surface area contributed by atoms with Crippen LogP contribution < -0.4 is 5.32 Å². The molecule has 0 atom stereocenters. The van der Waals surface area contributed by atoms with Crippen LogP contribution in [0.4, 0.5) is 0 Å². The quantitative estimate of drug-likeness (QED) is 0.335. The van der Waals surface area contributed by atoms with Crippen molar-refractivity contribution in [1.82, 2.24) is 5.32 Å². The lowest BCUT2D eigenvalue weighted by Gasteiger charge is -1.96. The highest BCUT2D eigenvalue weighted by atomic mass is 14.9. The summed E-state index contributed by atoms with van der Waals surface area (Å²) in [4.78, 5) is 4.15. The molecular formula is C7H14N2. The predicted octanol–water partition coefficient (Wildman–Crippen LogP) is 1.20. The third kappa shape index (κ3) is 5.07. The van der Waals surface area contributed by atoms with E-state index in [0.717, 1.165) is 18.0 Å². The van der Waals surface area contributed by atoms with Crippen molar-refractivity contribution in [3.63, 3.8) is 0 Å². The number of hydrogen-bond acceptors (Lipinski definition) is 1. The molecule has 0 rings (SSSR count). The molecular weight excluding hydrogens is 112 g/mol. The van der Waals surface area contributed by atoms with Gasteiger partial charge in [-0.3, -0.25) is 4.99 Å². The molecule has 0 saturated carbocycles. The normalized spacial score (nSPS) is 11.2. The maximum Gasteiger partial charge on any atom is 0.0933 e. The van der Waals surface area contributed by atoms with Crippen molar-refractivity contribution in [3.8, 4) is 0 Å². The second-order valence-corrected chi connectivity index (χ2v) is 2.11. The fourth-order valence-corrected chi connectivity index (χ4v) is 0.333. The molecule has 0 bridgehead atoms. The zero-order valence-corrected chi connectivity index (χ0v) is 6.36. The van der Waals surface area contributed by atoms with E-state index in [2.05, 4.69) is 16.9 Å². The average molecular weight is 126 g/mol. The fraction of sp³-hybridized carbons (Fsp3) is 0.571. The largest absolute Gasteiger partial charge is 0.377 e. The van der Waals surface area contributed by atoms with Crippen molar-refractivity contribution < 1.29 is 0 Å². The maximum atomic E-state index is 4.15. The van der Waals surface area contributed by atoms with Gasteiger partial charge in [-0.25, -0.2) is 0 Å². The molecule has 0 fully saturated rings. The first-order chi connectivity index (χ1) is 4.16. The smallest absolute Gasteiger partial charge is 0.0933 e. The van der Waals surface area contributed by atoms with Gasteiger partial charge < -0.3 is 5.32 Å². The number of nitrogens with one attached hydrogen (secondary N) is 1. The first-order valence-electron chi connectivity index (χ1n) is 3.00. The average Bonchev–Trinajstić information content (AvgIpc) is 1.83. The summed E-state index contributed by atoms with van der Waals surface area (Å²) in [6.07, 6.45) is 0. The van der Waals surface area contributed by atoms with E-state index in [9.17, 15) is 0 Å². The zero-order chi connectivity index (χ0) is 7.28. The van der Waals surface area contributed by atoms with Gasteiger partial charge >= 0.3 is 0 Å². The molecule has 2 heteroatoms. The van der Waals surface area contributed by atoms with E-state index in [1.165, 1.54) is 0 Å². The summed E-state index contributed by atoms with van der Waals surface area (Å²) in [6.45, 7) is 8.35. The van der Waals surface area contributed by atoms with Gasteiger partial charge in [-0.1, -0.05) is 12.2 Å². The molecule has 0 aliphatic rings. The first-order valence-corrected chi connectivity index (χ1v) is 3.00. The summed E-state index contributed by atoms with van der Waals surface area (Å²) in [5.41, 5.74) is 1.09. The minimum atomic E-state index is 0.729. The molecule has 0 saturated heterocycles. The Morgan fingerprint density at radius 2 is 2.11 bits per heavy atom. The van der Waals surface area contributed by atoms with Crippen LogP contribution in [0.25, 0.3) is 0 Å². The van der Waals surface area contributed by atoms with Crippen molar-refractivity contribution in [3.05, 3.63) is 12.2 Å². The highest BCUT2D eigenvalue weighted by Gasteiger charge is 1.82. The third-order valence-electron chi connectivity index (χ3n) is 0.948. The Kier molecular flexibility index (Phi) is 3.76. The van der Waals surface area contributed by atoms with E-state index in [1.807, 2.05) is 20.9 Å². The van der Waals surface area contributed by atoms with Crippen LogP contribution in [0.2, 0.25) is 0 Å². The SMILES string of the molecule is C=C(C)C/N=C(/C)NC. The Labute approximate surface area is 56.7 Å². The van der Waals surface area contributed by atoms with Gasteiger partial charge in [0.15, 0.2) is 0 Å². The van der Waals surface area contributed by atoms with Crippen LogP contribution in [0.1, 0.15) is 13.8 Å². The van der Waals surface area contributed by atoms with Crippen LogP contribution in [-0.2, 0) is 0 Å². The van der Waals surface area contributed by atoms with Crippen molar-refractivity contribution in [2.75, 3.05) is 13.6 Å². The highest BCUT2D eigenvalue weighted by molar-refractivity contribution is 5.79. The molecule has 9 heavy (non-hydrogen) atoms. The van der Waals surface area contributed by atoms with E-state index in [0.29, 0.717) is 0 Å². The molecule has 0 aliphatic heterocycles. The van der Waals surface area contributed by atoms with Gasteiger partial charge in [0.2, 0.25) is 0 Å². The number of hydrogen-bond donors (Lipinski definition) is 1. The summed E-state index contributed by atoms with van der Waals surface area (Å²) in [7, 11) is 1.86. The molecule has 0 amide bonds. The van der Waals surface area contributed by atoms with E-state index >= 15 is 0 Å². The predicted molar refractivity (Wildman–Crippen MR) is 41.8 cm³/mol. The van der Waals surface area contributed by atoms with Crippen molar-refractivity contribution in [1.29, 1.82) is 0 Å². The molecule has 0 heterocycles. The van der Waals surface area contributed by atoms with Crippen LogP contribution in [0.3, 0.4) is 0 Å². The Balaban J connectivity index is 3.56. The zero-order valence-electron chi connectivity index (χ0n) is 6.36. The number of rotatable bonds is 2. The summed E-state index contributed by atoms with van der Waals surface area (Å²) >= 11 is 0. The molecule has 0 aromatic heterocycles. The molecule has 1 N–H and O–H groups in total. The van der Waals surface area contributed by atoms with Crippen molar-refractivity contribution in [2.24, 2.45) is 4.99 Å². The van der Waals surface area contributed by atoms with Crippen LogP contribution in [0.15, 0.2) is 17.1 Å². The molecule has 0 unspecified atom stereocenters. The molecule has 0 spiro atoms. The van der Waals surface area contributed by atoms with Gasteiger partial charge in [0.1, 0.15) is 0 Å². The van der Waals surface area contributed by atoms with E-state index in [-0.39, 0.29) is 0 Å². The van der Waals surface area contributed by atoms with E-state index in [4.69, 9.17) is 0 Å².